The van der Waals surface area contributed by atoms with Gasteiger partial charge < -0.3 is 10.1 Å². The molecule has 2 rings (SSSR count). The summed E-state index contributed by atoms with van der Waals surface area (Å²) < 4.78 is 5.46. The Labute approximate surface area is 160 Å². The fourth-order valence-corrected chi connectivity index (χ4v) is 3.92. The molecule has 1 saturated heterocycles. The number of thiocarbonyl (C=S) groups is 1. The number of nitrogens with zero attached hydrogens (tertiary/aromatic N) is 1. The van der Waals surface area contributed by atoms with Gasteiger partial charge in [0.1, 0.15) is 4.32 Å². The second kappa shape index (κ2) is 10.4. The summed E-state index contributed by atoms with van der Waals surface area (Å²) in [6.07, 6.45) is 0.237. The van der Waals surface area contributed by atoms with Gasteiger partial charge in [0.15, 0.2) is 6.61 Å². The molecule has 0 atom stereocenters. The maximum absolute atomic E-state index is 11.6. The Hall–Kier alpha value is -1.58. The van der Waals surface area contributed by atoms with Crippen molar-refractivity contribution in [2.45, 2.75) is 11.3 Å². The summed E-state index contributed by atoms with van der Waals surface area (Å²) in [5.41, 5.74) is 0. The third-order valence-corrected chi connectivity index (χ3v) is 5.63. The molecule has 1 N–H and O–H groups in total. The Morgan fingerprint density at radius 1 is 1.32 bits per heavy atom. The van der Waals surface area contributed by atoms with E-state index in [1.54, 1.807) is 11.8 Å². The van der Waals surface area contributed by atoms with Crippen molar-refractivity contribution in [2.24, 2.45) is 0 Å². The zero-order chi connectivity index (χ0) is 18.1. The molecule has 134 valence electrons. The van der Waals surface area contributed by atoms with Gasteiger partial charge in [-0.15, -0.1) is 11.8 Å². The van der Waals surface area contributed by atoms with Crippen LogP contribution in [0.5, 0.6) is 0 Å². The van der Waals surface area contributed by atoms with Gasteiger partial charge in [-0.05, 0) is 12.1 Å². The van der Waals surface area contributed by atoms with Crippen LogP contribution in [0, 0.1) is 0 Å². The Kier molecular flexibility index (Phi) is 8.23. The Morgan fingerprint density at radius 2 is 2.08 bits per heavy atom. The van der Waals surface area contributed by atoms with E-state index in [9.17, 15) is 14.4 Å². The van der Waals surface area contributed by atoms with Crippen molar-refractivity contribution in [3.63, 3.8) is 0 Å². The number of hydrogen-bond donors (Lipinski definition) is 1. The van der Waals surface area contributed by atoms with Crippen LogP contribution < -0.4 is 5.32 Å². The van der Waals surface area contributed by atoms with Crippen molar-refractivity contribution in [3.05, 3.63) is 30.3 Å². The molecule has 0 unspecified atom stereocenters. The highest BCUT2D eigenvalue weighted by Gasteiger charge is 2.25. The molecule has 0 saturated carbocycles. The summed E-state index contributed by atoms with van der Waals surface area (Å²) in [6.45, 7) is 0.284. The molecule has 0 aromatic heterocycles. The predicted molar refractivity (Wildman–Crippen MR) is 103 cm³/mol. The van der Waals surface area contributed by atoms with E-state index in [0.717, 1.165) is 4.90 Å². The fraction of sp³-hybridized carbons (Fsp3) is 0.375. The number of esters is 1. The topological polar surface area (TPSA) is 75.7 Å². The molecule has 6 nitrogen and oxygen atoms in total. The number of rotatable bonds is 9. The van der Waals surface area contributed by atoms with Crippen molar-refractivity contribution in [2.75, 3.05) is 31.2 Å². The van der Waals surface area contributed by atoms with E-state index >= 15 is 0 Å². The quantitative estimate of drug-likeness (QED) is 0.385. The first kappa shape index (κ1) is 19.7. The number of ether oxygens (including phenoxy) is 1. The molecule has 0 bridgehead atoms. The number of carbonyl (C=O) groups excluding carboxylic acids is 3. The SMILES string of the molecule is O=C(COC(=O)CCSc1ccccc1)NCCN1C(=O)CSC1=S. The number of benzene rings is 1. The molecule has 0 spiro atoms. The third kappa shape index (κ3) is 7.05. The number of thioether (sulfide) groups is 2. The van der Waals surface area contributed by atoms with Crippen LogP contribution in [0.1, 0.15) is 6.42 Å². The molecule has 1 heterocycles. The maximum atomic E-state index is 11.6. The van der Waals surface area contributed by atoms with Gasteiger partial charge in [0.2, 0.25) is 5.91 Å². The summed E-state index contributed by atoms with van der Waals surface area (Å²) in [7, 11) is 0. The first-order chi connectivity index (χ1) is 12.1. The minimum Gasteiger partial charge on any atom is -0.456 e. The smallest absolute Gasteiger partial charge is 0.307 e. The number of nitrogens with one attached hydrogen (secondary N) is 1. The van der Waals surface area contributed by atoms with Gasteiger partial charge in [-0.3, -0.25) is 19.3 Å². The van der Waals surface area contributed by atoms with Crippen molar-refractivity contribution in [1.82, 2.24) is 10.2 Å². The second-order valence-electron chi connectivity index (χ2n) is 5.02. The van der Waals surface area contributed by atoms with Gasteiger partial charge in [-0.25, -0.2) is 0 Å². The Balaban J connectivity index is 1.54. The average molecular weight is 399 g/mol. The van der Waals surface area contributed by atoms with Crippen molar-refractivity contribution >= 4 is 57.8 Å². The fourth-order valence-electron chi connectivity index (χ4n) is 1.94. The van der Waals surface area contributed by atoms with Gasteiger partial charge in [0.05, 0.1) is 12.2 Å². The maximum Gasteiger partial charge on any atom is 0.307 e. The Bertz CT molecular complexity index is 624. The van der Waals surface area contributed by atoms with Crippen LogP contribution in [0.25, 0.3) is 0 Å². The lowest BCUT2D eigenvalue weighted by molar-refractivity contribution is -0.148. The summed E-state index contributed by atoms with van der Waals surface area (Å²) in [5, 5.41) is 2.60. The van der Waals surface area contributed by atoms with E-state index in [-0.39, 0.29) is 25.5 Å². The summed E-state index contributed by atoms with van der Waals surface area (Å²) >= 11 is 7.92. The molecular formula is C16H18N2O4S3. The van der Waals surface area contributed by atoms with Crippen molar-refractivity contribution in [1.29, 1.82) is 0 Å². The Morgan fingerprint density at radius 3 is 2.76 bits per heavy atom. The molecule has 9 heteroatoms. The minimum absolute atomic E-state index is 0.0495. The molecule has 1 fully saturated rings. The summed E-state index contributed by atoms with van der Waals surface area (Å²) in [6, 6.07) is 9.75. The van der Waals surface area contributed by atoms with E-state index < -0.39 is 11.9 Å². The molecule has 0 radical (unpaired) electrons. The van der Waals surface area contributed by atoms with Crippen LogP contribution in [0.15, 0.2) is 35.2 Å². The van der Waals surface area contributed by atoms with Crippen molar-refractivity contribution in [3.8, 4) is 0 Å². The second-order valence-corrected chi connectivity index (χ2v) is 7.80. The molecular weight excluding hydrogens is 380 g/mol. The predicted octanol–water partition coefficient (Wildman–Crippen LogP) is 1.69. The molecule has 1 aromatic carbocycles. The monoisotopic (exact) mass is 398 g/mol. The molecule has 1 aliphatic heterocycles. The van der Waals surface area contributed by atoms with Gasteiger partial charge in [0, 0.05) is 23.7 Å². The lowest BCUT2D eigenvalue weighted by atomic mass is 10.4. The van der Waals surface area contributed by atoms with E-state index in [2.05, 4.69) is 5.32 Å². The van der Waals surface area contributed by atoms with Crippen LogP contribution in [0.2, 0.25) is 0 Å². The molecule has 1 aliphatic rings. The van der Waals surface area contributed by atoms with E-state index in [4.69, 9.17) is 17.0 Å². The van der Waals surface area contributed by atoms with Crippen LogP contribution >= 0.6 is 35.7 Å². The normalized spacial score (nSPS) is 13.8. The van der Waals surface area contributed by atoms with E-state index in [1.807, 2.05) is 30.3 Å². The lowest BCUT2D eigenvalue weighted by Gasteiger charge is -2.15. The lowest BCUT2D eigenvalue weighted by Crippen LogP contribution is -2.38. The third-order valence-electron chi connectivity index (χ3n) is 3.18. The molecule has 25 heavy (non-hydrogen) atoms. The summed E-state index contributed by atoms with van der Waals surface area (Å²) in [5.74, 6) is 0.0916. The van der Waals surface area contributed by atoms with Crippen LogP contribution in [-0.2, 0) is 19.1 Å². The first-order valence-corrected chi connectivity index (χ1v) is 10.0. The standard InChI is InChI=1S/C16H18N2O4S3/c19-13(17-7-8-18-14(20)11-25-16(18)23)10-22-15(21)6-9-24-12-4-2-1-3-5-12/h1-5H,6-11H2,(H,17,19). The van der Waals surface area contributed by atoms with E-state index in [0.29, 0.717) is 22.4 Å². The highest BCUT2D eigenvalue weighted by molar-refractivity contribution is 8.23. The zero-order valence-corrected chi connectivity index (χ0v) is 15.9. The van der Waals surface area contributed by atoms with E-state index in [1.165, 1.54) is 16.7 Å². The molecule has 1 aromatic rings. The van der Waals surface area contributed by atoms with Gasteiger partial charge in [0.25, 0.3) is 5.91 Å². The summed E-state index contributed by atoms with van der Waals surface area (Å²) in [4.78, 5) is 37.3. The van der Waals surface area contributed by atoms with Crippen molar-refractivity contribution < 1.29 is 19.1 Å². The highest BCUT2D eigenvalue weighted by Crippen LogP contribution is 2.18. The highest BCUT2D eigenvalue weighted by atomic mass is 32.2. The first-order valence-electron chi connectivity index (χ1n) is 7.63. The number of carbonyl (C=O) groups is 3. The largest absolute Gasteiger partial charge is 0.456 e. The number of hydrogen-bond acceptors (Lipinski definition) is 7. The molecule has 0 aliphatic carbocycles. The van der Waals surface area contributed by atoms with Gasteiger partial charge in [-0.1, -0.05) is 42.2 Å². The average Bonchev–Trinajstić information content (AvgIpc) is 2.93. The molecule has 2 amide bonds. The van der Waals surface area contributed by atoms with Gasteiger partial charge >= 0.3 is 5.97 Å². The van der Waals surface area contributed by atoms with Gasteiger partial charge in [-0.2, -0.15) is 0 Å². The minimum atomic E-state index is -0.411. The van der Waals surface area contributed by atoms with Crippen LogP contribution in [0.3, 0.4) is 0 Å². The van der Waals surface area contributed by atoms with Crippen LogP contribution in [0.4, 0.5) is 0 Å². The van der Waals surface area contributed by atoms with Crippen LogP contribution in [-0.4, -0.2) is 58.2 Å². The number of amides is 2. The zero-order valence-electron chi connectivity index (χ0n) is 13.4.